The van der Waals surface area contributed by atoms with Crippen molar-refractivity contribution in [2.24, 2.45) is 5.73 Å². The van der Waals surface area contributed by atoms with Crippen LogP contribution in [-0.2, 0) is 22.6 Å². The highest BCUT2D eigenvalue weighted by atomic mass is 16.5. The molecule has 6 nitrogen and oxygen atoms in total. The van der Waals surface area contributed by atoms with E-state index in [0.717, 1.165) is 35.4 Å². The summed E-state index contributed by atoms with van der Waals surface area (Å²) < 4.78 is 7.51. The minimum Gasteiger partial charge on any atom is -0.382 e. The molecule has 1 amide bonds. The number of aromatic nitrogens is 2. The van der Waals surface area contributed by atoms with Crippen molar-refractivity contribution in [3.05, 3.63) is 29.6 Å². The van der Waals surface area contributed by atoms with E-state index in [1.54, 1.807) is 0 Å². The van der Waals surface area contributed by atoms with Gasteiger partial charge in [-0.25, -0.2) is 4.98 Å². The molecule has 0 saturated carbocycles. The first-order chi connectivity index (χ1) is 11.2. The van der Waals surface area contributed by atoms with Gasteiger partial charge in [-0.3, -0.25) is 4.79 Å². The first kappa shape index (κ1) is 17.0. The maximum atomic E-state index is 10.9. The first-order valence-corrected chi connectivity index (χ1v) is 7.68. The number of imidazole rings is 1. The zero-order chi connectivity index (χ0) is 16.7. The molecular formula is C17H22N4O2. The SMILES string of the molecule is C#Cc1ccc2nc(CNCC(N)=O)n(CCCOCC)c2c1. The summed E-state index contributed by atoms with van der Waals surface area (Å²) in [6, 6.07) is 5.75. The Bertz CT molecular complexity index is 715. The number of carbonyl (C=O) groups excluding carboxylic acids is 1. The van der Waals surface area contributed by atoms with Crippen LogP contribution in [0.2, 0.25) is 0 Å². The number of benzene rings is 1. The molecule has 0 spiro atoms. The molecule has 122 valence electrons. The first-order valence-electron chi connectivity index (χ1n) is 7.68. The topological polar surface area (TPSA) is 82.2 Å². The van der Waals surface area contributed by atoms with Crippen molar-refractivity contribution in [3.63, 3.8) is 0 Å². The number of fused-ring (bicyclic) bond motifs is 1. The average Bonchev–Trinajstić information content (AvgIpc) is 2.88. The molecule has 0 radical (unpaired) electrons. The summed E-state index contributed by atoms with van der Waals surface area (Å²) >= 11 is 0. The van der Waals surface area contributed by atoms with E-state index in [4.69, 9.17) is 16.9 Å². The van der Waals surface area contributed by atoms with Gasteiger partial charge in [-0.2, -0.15) is 0 Å². The smallest absolute Gasteiger partial charge is 0.231 e. The molecule has 23 heavy (non-hydrogen) atoms. The predicted octanol–water partition coefficient (Wildman–Crippen LogP) is 1.02. The van der Waals surface area contributed by atoms with Gasteiger partial charge in [0.25, 0.3) is 0 Å². The number of aryl methyl sites for hydroxylation is 1. The molecule has 3 N–H and O–H groups in total. The third-order valence-corrected chi connectivity index (χ3v) is 3.45. The van der Waals surface area contributed by atoms with Crippen LogP contribution in [-0.4, -0.2) is 35.2 Å². The normalized spacial score (nSPS) is 10.8. The lowest BCUT2D eigenvalue weighted by Gasteiger charge is -2.10. The summed E-state index contributed by atoms with van der Waals surface area (Å²) in [5.41, 5.74) is 7.85. The Hall–Kier alpha value is -2.36. The lowest BCUT2D eigenvalue weighted by atomic mass is 10.2. The quantitative estimate of drug-likeness (QED) is 0.535. The summed E-state index contributed by atoms with van der Waals surface area (Å²) in [5, 5.41) is 3.00. The lowest BCUT2D eigenvalue weighted by Crippen LogP contribution is -2.29. The van der Waals surface area contributed by atoms with Gasteiger partial charge in [0, 0.05) is 25.3 Å². The van der Waals surface area contributed by atoms with Gasteiger partial charge < -0.3 is 20.4 Å². The van der Waals surface area contributed by atoms with E-state index in [0.29, 0.717) is 19.8 Å². The number of nitrogens with two attached hydrogens (primary N) is 1. The second kappa shape index (κ2) is 8.32. The van der Waals surface area contributed by atoms with Gasteiger partial charge in [-0.1, -0.05) is 5.92 Å². The Balaban J connectivity index is 2.23. The molecule has 0 saturated heterocycles. The number of primary amides is 1. The zero-order valence-corrected chi connectivity index (χ0v) is 13.3. The number of hydrogen-bond donors (Lipinski definition) is 2. The number of hydrogen-bond acceptors (Lipinski definition) is 4. The number of rotatable bonds is 9. The lowest BCUT2D eigenvalue weighted by molar-refractivity contribution is -0.117. The van der Waals surface area contributed by atoms with Crippen LogP contribution in [0, 0.1) is 12.3 Å². The number of amides is 1. The molecule has 0 aliphatic rings. The maximum Gasteiger partial charge on any atom is 0.231 e. The largest absolute Gasteiger partial charge is 0.382 e. The van der Waals surface area contributed by atoms with Gasteiger partial charge in [0.1, 0.15) is 5.82 Å². The highest BCUT2D eigenvalue weighted by Crippen LogP contribution is 2.18. The van der Waals surface area contributed by atoms with Gasteiger partial charge in [0.15, 0.2) is 0 Å². The number of nitrogens with one attached hydrogen (secondary N) is 1. The molecule has 1 aromatic carbocycles. The van der Waals surface area contributed by atoms with Crippen LogP contribution >= 0.6 is 0 Å². The van der Waals surface area contributed by atoms with Crippen molar-refractivity contribution in [3.8, 4) is 12.3 Å². The van der Waals surface area contributed by atoms with Crippen LogP contribution in [0.25, 0.3) is 11.0 Å². The molecule has 0 aliphatic heterocycles. The number of nitrogens with zero attached hydrogens (tertiary/aromatic N) is 2. The highest BCUT2D eigenvalue weighted by molar-refractivity contribution is 5.78. The van der Waals surface area contributed by atoms with E-state index in [1.807, 2.05) is 25.1 Å². The third kappa shape index (κ3) is 4.55. The zero-order valence-electron chi connectivity index (χ0n) is 13.3. The number of terminal acetylenes is 1. The molecule has 2 rings (SSSR count). The van der Waals surface area contributed by atoms with Crippen LogP contribution in [0.3, 0.4) is 0 Å². The number of ether oxygens (including phenoxy) is 1. The second-order valence-corrected chi connectivity index (χ2v) is 5.15. The van der Waals surface area contributed by atoms with Crippen LogP contribution in [0.5, 0.6) is 0 Å². The van der Waals surface area contributed by atoms with Gasteiger partial charge in [-0.15, -0.1) is 6.42 Å². The minimum atomic E-state index is -0.390. The molecule has 0 unspecified atom stereocenters. The van der Waals surface area contributed by atoms with Gasteiger partial charge in [0.2, 0.25) is 5.91 Å². The van der Waals surface area contributed by atoms with Crippen molar-refractivity contribution in [2.45, 2.75) is 26.4 Å². The van der Waals surface area contributed by atoms with Crippen molar-refractivity contribution in [2.75, 3.05) is 19.8 Å². The predicted molar refractivity (Wildman–Crippen MR) is 89.7 cm³/mol. The van der Waals surface area contributed by atoms with E-state index in [2.05, 4.69) is 20.8 Å². The van der Waals surface area contributed by atoms with E-state index in [-0.39, 0.29) is 6.54 Å². The van der Waals surface area contributed by atoms with Crippen molar-refractivity contribution >= 4 is 16.9 Å². The van der Waals surface area contributed by atoms with Crippen molar-refractivity contribution < 1.29 is 9.53 Å². The highest BCUT2D eigenvalue weighted by Gasteiger charge is 2.11. The average molecular weight is 314 g/mol. The second-order valence-electron chi connectivity index (χ2n) is 5.15. The van der Waals surface area contributed by atoms with Crippen LogP contribution in [0.15, 0.2) is 18.2 Å². The Morgan fingerprint density at radius 1 is 1.52 bits per heavy atom. The Morgan fingerprint density at radius 2 is 2.35 bits per heavy atom. The van der Waals surface area contributed by atoms with Gasteiger partial charge >= 0.3 is 0 Å². The molecule has 6 heteroatoms. The Kier molecular flexibility index (Phi) is 6.15. The van der Waals surface area contributed by atoms with E-state index < -0.39 is 5.91 Å². The van der Waals surface area contributed by atoms with E-state index in [9.17, 15) is 4.79 Å². The summed E-state index contributed by atoms with van der Waals surface area (Å²) in [5.74, 6) is 3.11. The standard InChI is InChI=1S/C17H22N4O2/c1-3-13-6-7-14-15(10-13)21(8-5-9-23-4-2)17(20-14)12-19-11-16(18)22/h1,6-7,10,19H,4-5,8-9,11-12H2,2H3,(H2,18,22). The summed E-state index contributed by atoms with van der Waals surface area (Å²) in [6.07, 6.45) is 6.36. The van der Waals surface area contributed by atoms with Gasteiger partial charge in [-0.05, 0) is 31.5 Å². The van der Waals surface area contributed by atoms with Crippen LogP contribution in [0.1, 0.15) is 24.7 Å². The third-order valence-electron chi connectivity index (χ3n) is 3.45. The summed E-state index contributed by atoms with van der Waals surface area (Å²) in [7, 11) is 0. The molecule has 0 atom stereocenters. The van der Waals surface area contributed by atoms with E-state index in [1.165, 1.54) is 0 Å². The fraction of sp³-hybridized carbons (Fsp3) is 0.412. The molecule has 1 heterocycles. The fourth-order valence-corrected chi connectivity index (χ4v) is 2.41. The molecule has 0 fully saturated rings. The fourth-order valence-electron chi connectivity index (χ4n) is 2.41. The van der Waals surface area contributed by atoms with Crippen molar-refractivity contribution in [1.82, 2.24) is 14.9 Å². The summed E-state index contributed by atoms with van der Waals surface area (Å²) in [4.78, 5) is 15.5. The van der Waals surface area contributed by atoms with Crippen LogP contribution in [0.4, 0.5) is 0 Å². The van der Waals surface area contributed by atoms with Crippen molar-refractivity contribution in [1.29, 1.82) is 0 Å². The molecule has 2 aromatic rings. The minimum absolute atomic E-state index is 0.123. The van der Waals surface area contributed by atoms with Gasteiger partial charge in [0.05, 0.1) is 24.1 Å². The maximum absolute atomic E-state index is 10.9. The Morgan fingerprint density at radius 3 is 3.04 bits per heavy atom. The molecule has 0 aliphatic carbocycles. The number of carbonyl (C=O) groups is 1. The molecular weight excluding hydrogens is 292 g/mol. The monoisotopic (exact) mass is 314 g/mol. The molecule has 0 bridgehead atoms. The summed E-state index contributed by atoms with van der Waals surface area (Å²) in [6.45, 7) is 4.75. The van der Waals surface area contributed by atoms with E-state index >= 15 is 0 Å². The molecule has 1 aromatic heterocycles. The van der Waals surface area contributed by atoms with Crippen LogP contribution < -0.4 is 11.1 Å². The Labute approximate surface area is 136 Å².